The summed E-state index contributed by atoms with van der Waals surface area (Å²) in [5.74, 6) is 0.939. The molecule has 7 nitrogen and oxygen atoms in total. The maximum absolute atomic E-state index is 13.4. The van der Waals surface area contributed by atoms with Crippen LogP contribution in [0, 0.1) is 0 Å². The van der Waals surface area contributed by atoms with Crippen LogP contribution in [-0.4, -0.2) is 60.4 Å². The van der Waals surface area contributed by atoms with E-state index < -0.39 is 0 Å². The van der Waals surface area contributed by atoms with Crippen LogP contribution in [0.4, 0.5) is 0 Å². The Hall–Kier alpha value is -3.32. The molecule has 2 aromatic carbocycles. The second-order valence-electron chi connectivity index (χ2n) is 8.30. The van der Waals surface area contributed by atoms with Gasteiger partial charge >= 0.3 is 0 Å². The number of hydrogen-bond acceptors (Lipinski definition) is 5. The molecule has 1 aliphatic rings. The first-order valence-electron chi connectivity index (χ1n) is 11.0. The molecule has 2 amide bonds. The number of carbonyl (C=O) groups is 2. The fourth-order valence-corrected chi connectivity index (χ4v) is 3.91. The fourth-order valence-electron chi connectivity index (χ4n) is 3.91. The highest BCUT2D eigenvalue weighted by Crippen LogP contribution is 2.28. The van der Waals surface area contributed by atoms with E-state index in [0.717, 1.165) is 16.7 Å². The number of nitrogens with zero attached hydrogens (tertiary/aromatic N) is 2. The third kappa shape index (κ3) is 5.11. The zero-order valence-electron chi connectivity index (χ0n) is 18.5. The van der Waals surface area contributed by atoms with E-state index in [2.05, 4.69) is 10.2 Å². The average Bonchev–Trinajstić information content (AvgIpc) is 3.16. The van der Waals surface area contributed by atoms with E-state index in [9.17, 15) is 9.59 Å². The maximum atomic E-state index is 13.4. The van der Waals surface area contributed by atoms with Gasteiger partial charge in [0.05, 0.1) is 6.54 Å². The van der Waals surface area contributed by atoms with Gasteiger partial charge in [0.15, 0.2) is 5.76 Å². The van der Waals surface area contributed by atoms with Crippen molar-refractivity contribution in [3.8, 4) is 5.75 Å². The number of fused-ring (bicyclic) bond motifs is 1. The lowest BCUT2D eigenvalue weighted by molar-refractivity contribution is -0.123. The second-order valence-corrected chi connectivity index (χ2v) is 8.30. The molecule has 0 spiro atoms. The highest BCUT2D eigenvalue weighted by molar-refractivity contribution is 5.99. The minimum atomic E-state index is -0.140. The van der Waals surface area contributed by atoms with Gasteiger partial charge in [-0.05, 0) is 32.0 Å². The number of amides is 2. The molecule has 0 aliphatic carbocycles. The van der Waals surface area contributed by atoms with Crippen LogP contribution in [0.2, 0.25) is 0 Å². The fraction of sp³-hybridized carbons (Fsp3) is 0.360. The largest absolute Gasteiger partial charge is 0.489 e. The first-order valence-corrected chi connectivity index (χ1v) is 11.0. The van der Waals surface area contributed by atoms with Crippen molar-refractivity contribution in [2.24, 2.45) is 0 Å². The summed E-state index contributed by atoms with van der Waals surface area (Å²) in [6, 6.07) is 17.3. The monoisotopic (exact) mass is 435 g/mol. The summed E-state index contributed by atoms with van der Waals surface area (Å²) in [5, 5.41) is 3.79. The number of benzene rings is 2. The van der Waals surface area contributed by atoms with Crippen LogP contribution < -0.4 is 10.1 Å². The van der Waals surface area contributed by atoms with Gasteiger partial charge in [-0.1, -0.05) is 36.4 Å². The summed E-state index contributed by atoms with van der Waals surface area (Å²) < 4.78 is 11.9. The van der Waals surface area contributed by atoms with Crippen molar-refractivity contribution in [1.29, 1.82) is 0 Å². The van der Waals surface area contributed by atoms with E-state index >= 15 is 0 Å². The van der Waals surface area contributed by atoms with Crippen LogP contribution in [0.15, 0.2) is 59.0 Å². The molecular formula is C25H29N3O4. The Kier molecular flexibility index (Phi) is 6.75. The molecule has 1 N–H and O–H groups in total. The third-order valence-corrected chi connectivity index (χ3v) is 5.50. The molecule has 4 rings (SSSR count). The molecule has 32 heavy (non-hydrogen) atoms. The van der Waals surface area contributed by atoms with Gasteiger partial charge in [0.1, 0.15) is 17.9 Å². The summed E-state index contributed by atoms with van der Waals surface area (Å²) in [7, 11) is 0. The highest BCUT2D eigenvalue weighted by atomic mass is 16.5. The van der Waals surface area contributed by atoms with Crippen molar-refractivity contribution in [1.82, 2.24) is 15.1 Å². The number of rotatable bonds is 7. The van der Waals surface area contributed by atoms with Crippen molar-refractivity contribution in [3.05, 3.63) is 65.9 Å². The molecule has 0 bridgehead atoms. The van der Waals surface area contributed by atoms with Crippen LogP contribution in [0.3, 0.4) is 0 Å². The van der Waals surface area contributed by atoms with Crippen LogP contribution in [0.5, 0.6) is 5.75 Å². The van der Waals surface area contributed by atoms with Crippen molar-refractivity contribution >= 4 is 22.8 Å². The van der Waals surface area contributed by atoms with E-state index in [1.807, 2.05) is 68.4 Å². The Bertz CT molecular complexity index is 1070. The number of hydrogen-bond donors (Lipinski definition) is 1. The SMILES string of the molecule is CC(C)NC(=O)CN1CCN(C(=O)c2oc3ccccc3c2COc2ccccc2)CC1. The molecule has 1 aliphatic heterocycles. The zero-order chi connectivity index (χ0) is 22.5. The third-order valence-electron chi connectivity index (χ3n) is 5.50. The first kappa shape index (κ1) is 21.9. The molecule has 3 aromatic rings. The molecule has 1 aromatic heterocycles. The van der Waals surface area contributed by atoms with Gasteiger partial charge in [0.25, 0.3) is 5.91 Å². The van der Waals surface area contributed by atoms with E-state index in [1.165, 1.54) is 0 Å². The summed E-state index contributed by atoms with van der Waals surface area (Å²) >= 11 is 0. The van der Waals surface area contributed by atoms with Crippen molar-refractivity contribution in [2.45, 2.75) is 26.5 Å². The number of carbonyl (C=O) groups excluding carboxylic acids is 2. The molecule has 0 atom stereocenters. The summed E-state index contributed by atoms with van der Waals surface area (Å²) in [6.07, 6.45) is 0. The molecule has 1 fully saturated rings. The topological polar surface area (TPSA) is 75.0 Å². The van der Waals surface area contributed by atoms with Gasteiger partial charge < -0.3 is 19.4 Å². The van der Waals surface area contributed by atoms with Gasteiger partial charge in [-0.2, -0.15) is 0 Å². The molecule has 2 heterocycles. The van der Waals surface area contributed by atoms with Gasteiger partial charge in [-0.15, -0.1) is 0 Å². The predicted molar refractivity (Wildman–Crippen MR) is 123 cm³/mol. The Morgan fingerprint density at radius 1 is 1.00 bits per heavy atom. The van der Waals surface area contributed by atoms with Gasteiger partial charge in [-0.25, -0.2) is 0 Å². The predicted octanol–water partition coefficient (Wildman–Crippen LogP) is 3.29. The number of nitrogens with one attached hydrogen (secondary N) is 1. The van der Waals surface area contributed by atoms with Crippen molar-refractivity contribution in [3.63, 3.8) is 0 Å². The standard InChI is InChI=1S/C25H29N3O4/c1-18(2)26-23(29)16-27-12-14-28(15-13-27)25(30)24-21(17-31-19-8-4-3-5-9-19)20-10-6-7-11-22(20)32-24/h3-11,18H,12-17H2,1-2H3,(H,26,29). The normalized spacial score (nSPS) is 14.7. The lowest BCUT2D eigenvalue weighted by atomic mass is 10.1. The van der Waals surface area contributed by atoms with Crippen LogP contribution in [0.25, 0.3) is 11.0 Å². The molecule has 168 valence electrons. The summed E-state index contributed by atoms with van der Waals surface area (Å²) in [5.41, 5.74) is 1.43. The van der Waals surface area contributed by atoms with Crippen LogP contribution in [0.1, 0.15) is 30.0 Å². The number of piperazine rings is 1. The molecule has 0 unspecified atom stereocenters. The second kappa shape index (κ2) is 9.87. The number of furan rings is 1. The minimum Gasteiger partial charge on any atom is -0.489 e. The molecule has 7 heteroatoms. The van der Waals surface area contributed by atoms with E-state index in [-0.39, 0.29) is 24.5 Å². The molecule has 0 radical (unpaired) electrons. The van der Waals surface area contributed by atoms with E-state index in [1.54, 1.807) is 4.90 Å². The highest BCUT2D eigenvalue weighted by Gasteiger charge is 2.28. The summed E-state index contributed by atoms with van der Waals surface area (Å²) in [4.78, 5) is 29.2. The van der Waals surface area contributed by atoms with Crippen LogP contribution in [-0.2, 0) is 11.4 Å². The number of ether oxygens (including phenoxy) is 1. The molecular weight excluding hydrogens is 406 g/mol. The number of para-hydroxylation sites is 2. The Labute approximate surface area is 187 Å². The molecule has 1 saturated heterocycles. The van der Waals surface area contributed by atoms with E-state index in [4.69, 9.17) is 9.15 Å². The molecule has 0 saturated carbocycles. The lowest BCUT2D eigenvalue weighted by Gasteiger charge is -2.34. The average molecular weight is 436 g/mol. The summed E-state index contributed by atoms with van der Waals surface area (Å²) in [6.45, 7) is 6.87. The first-order chi connectivity index (χ1) is 15.5. The Balaban J connectivity index is 1.46. The van der Waals surface area contributed by atoms with Gasteiger partial charge in [-0.3, -0.25) is 14.5 Å². The van der Waals surface area contributed by atoms with E-state index in [0.29, 0.717) is 44.1 Å². The van der Waals surface area contributed by atoms with Gasteiger partial charge in [0, 0.05) is 43.2 Å². The minimum absolute atomic E-state index is 0.0115. The quantitative estimate of drug-likeness (QED) is 0.616. The van der Waals surface area contributed by atoms with Crippen LogP contribution >= 0.6 is 0 Å². The lowest BCUT2D eigenvalue weighted by Crippen LogP contribution is -2.51. The smallest absolute Gasteiger partial charge is 0.290 e. The maximum Gasteiger partial charge on any atom is 0.290 e. The Morgan fingerprint density at radius 2 is 1.69 bits per heavy atom. The van der Waals surface area contributed by atoms with Crippen molar-refractivity contribution < 1.29 is 18.7 Å². The Morgan fingerprint density at radius 3 is 2.41 bits per heavy atom. The van der Waals surface area contributed by atoms with Crippen molar-refractivity contribution in [2.75, 3.05) is 32.7 Å². The zero-order valence-corrected chi connectivity index (χ0v) is 18.5. The van der Waals surface area contributed by atoms with Gasteiger partial charge in [0.2, 0.25) is 5.91 Å².